The molecule has 0 radical (unpaired) electrons. The van der Waals surface area contributed by atoms with Gasteiger partial charge < -0.3 is 5.43 Å². The second kappa shape index (κ2) is 4.69. The number of thioether (sulfide) groups is 1. The Morgan fingerprint density at radius 3 is 3.08 bits per heavy atom. The summed E-state index contributed by atoms with van der Waals surface area (Å²) in [6.07, 6.45) is 1.72. The van der Waals surface area contributed by atoms with Crippen LogP contribution in [0.1, 0.15) is 6.92 Å². The third-order valence-electron chi connectivity index (χ3n) is 1.26. The maximum Gasteiger partial charge on any atom is 0.153 e. The highest BCUT2D eigenvalue weighted by molar-refractivity contribution is 9.10. The van der Waals surface area contributed by atoms with Crippen molar-refractivity contribution in [3.8, 4) is 0 Å². The second-order valence-electron chi connectivity index (χ2n) is 2.08. The Kier molecular flexibility index (Phi) is 3.84. The number of pyridine rings is 1. The summed E-state index contributed by atoms with van der Waals surface area (Å²) in [5, 5.41) is 0. The lowest BCUT2D eigenvalue weighted by Gasteiger charge is -2.05. The summed E-state index contributed by atoms with van der Waals surface area (Å²) >= 11 is 5.06. The Balaban J connectivity index is 2.95. The topological polar surface area (TPSA) is 50.9 Å². The van der Waals surface area contributed by atoms with Crippen molar-refractivity contribution < 1.29 is 0 Å². The minimum atomic E-state index is 0.727. The number of nitrogens with zero attached hydrogens (tertiary/aromatic N) is 1. The first-order chi connectivity index (χ1) is 5.77. The van der Waals surface area contributed by atoms with Crippen LogP contribution >= 0.6 is 27.7 Å². The van der Waals surface area contributed by atoms with Gasteiger partial charge in [0.15, 0.2) is 5.82 Å². The molecule has 5 heteroatoms. The lowest BCUT2D eigenvalue weighted by atomic mass is 10.5. The SMILES string of the molecule is CCSc1cc(Br)cnc1NN. The van der Waals surface area contributed by atoms with E-state index in [4.69, 9.17) is 5.84 Å². The van der Waals surface area contributed by atoms with Crippen LogP contribution in [-0.2, 0) is 0 Å². The molecule has 1 rings (SSSR count). The first-order valence-corrected chi connectivity index (χ1v) is 5.30. The molecule has 0 atom stereocenters. The number of halogens is 1. The number of hydrazine groups is 1. The molecule has 0 fully saturated rings. The molecule has 0 aliphatic carbocycles. The van der Waals surface area contributed by atoms with Crippen LogP contribution in [0.5, 0.6) is 0 Å². The Morgan fingerprint density at radius 2 is 2.50 bits per heavy atom. The van der Waals surface area contributed by atoms with Gasteiger partial charge in [-0.2, -0.15) is 0 Å². The van der Waals surface area contributed by atoms with E-state index < -0.39 is 0 Å². The Morgan fingerprint density at radius 1 is 1.75 bits per heavy atom. The molecular weight excluding hydrogens is 238 g/mol. The molecule has 0 aliphatic heterocycles. The molecule has 1 aromatic heterocycles. The summed E-state index contributed by atoms with van der Waals surface area (Å²) in [5.41, 5.74) is 2.55. The van der Waals surface area contributed by atoms with Crippen molar-refractivity contribution in [2.75, 3.05) is 11.2 Å². The summed E-state index contributed by atoms with van der Waals surface area (Å²) in [6, 6.07) is 2.00. The number of nitrogens with two attached hydrogens (primary N) is 1. The Bertz CT molecular complexity index is 267. The maximum absolute atomic E-state index is 5.29. The molecule has 0 saturated heterocycles. The highest BCUT2D eigenvalue weighted by Gasteiger charge is 2.02. The lowest BCUT2D eigenvalue weighted by molar-refractivity contribution is 1.16. The molecule has 3 nitrogen and oxygen atoms in total. The van der Waals surface area contributed by atoms with E-state index in [0.717, 1.165) is 20.9 Å². The van der Waals surface area contributed by atoms with E-state index in [0.29, 0.717) is 0 Å². The minimum Gasteiger partial charge on any atom is -0.308 e. The van der Waals surface area contributed by atoms with E-state index in [-0.39, 0.29) is 0 Å². The quantitative estimate of drug-likeness (QED) is 0.489. The van der Waals surface area contributed by atoms with Crippen LogP contribution in [0.2, 0.25) is 0 Å². The monoisotopic (exact) mass is 247 g/mol. The number of anilines is 1. The number of hydrogen-bond acceptors (Lipinski definition) is 4. The number of aromatic nitrogens is 1. The zero-order valence-corrected chi connectivity index (χ0v) is 9.08. The summed E-state index contributed by atoms with van der Waals surface area (Å²) in [4.78, 5) is 5.18. The average molecular weight is 248 g/mol. The lowest BCUT2D eigenvalue weighted by Crippen LogP contribution is -2.09. The molecule has 0 unspecified atom stereocenters. The van der Waals surface area contributed by atoms with Crippen LogP contribution in [0.25, 0.3) is 0 Å². The molecule has 1 aromatic rings. The van der Waals surface area contributed by atoms with Gasteiger partial charge in [-0.15, -0.1) is 11.8 Å². The van der Waals surface area contributed by atoms with Gasteiger partial charge in [0.1, 0.15) is 0 Å². The first kappa shape index (κ1) is 9.83. The molecule has 0 aromatic carbocycles. The van der Waals surface area contributed by atoms with Gasteiger partial charge in [0.25, 0.3) is 0 Å². The Hall–Kier alpha value is -0.260. The van der Waals surface area contributed by atoms with Crippen molar-refractivity contribution in [2.24, 2.45) is 5.84 Å². The van der Waals surface area contributed by atoms with E-state index in [2.05, 4.69) is 33.3 Å². The van der Waals surface area contributed by atoms with E-state index in [1.165, 1.54) is 0 Å². The molecule has 3 N–H and O–H groups in total. The number of rotatable bonds is 3. The van der Waals surface area contributed by atoms with Gasteiger partial charge in [-0.1, -0.05) is 6.92 Å². The van der Waals surface area contributed by atoms with Gasteiger partial charge in [0, 0.05) is 10.7 Å². The smallest absolute Gasteiger partial charge is 0.153 e. The van der Waals surface area contributed by atoms with Gasteiger partial charge in [0.2, 0.25) is 0 Å². The molecule has 1 heterocycles. The molecule has 0 amide bonds. The number of nitrogen functional groups attached to an aromatic ring is 1. The molecule has 0 bridgehead atoms. The predicted molar refractivity (Wildman–Crippen MR) is 56.1 cm³/mol. The van der Waals surface area contributed by atoms with Gasteiger partial charge >= 0.3 is 0 Å². The normalized spacial score (nSPS) is 9.92. The number of nitrogens with one attached hydrogen (secondary N) is 1. The van der Waals surface area contributed by atoms with Crippen LogP contribution in [0.3, 0.4) is 0 Å². The zero-order valence-electron chi connectivity index (χ0n) is 6.67. The first-order valence-electron chi connectivity index (χ1n) is 3.53. The van der Waals surface area contributed by atoms with Gasteiger partial charge in [-0.05, 0) is 27.7 Å². The van der Waals surface area contributed by atoms with Crippen molar-refractivity contribution in [1.82, 2.24) is 4.98 Å². The fourth-order valence-electron chi connectivity index (χ4n) is 0.795. The molecular formula is C7H10BrN3S. The minimum absolute atomic E-state index is 0.727. The van der Waals surface area contributed by atoms with E-state index in [1.807, 2.05) is 6.07 Å². The van der Waals surface area contributed by atoms with Gasteiger partial charge in [-0.3, -0.25) is 0 Å². The van der Waals surface area contributed by atoms with E-state index in [9.17, 15) is 0 Å². The van der Waals surface area contributed by atoms with Crippen molar-refractivity contribution in [3.05, 3.63) is 16.7 Å². The highest BCUT2D eigenvalue weighted by Crippen LogP contribution is 2.27. The Labute approximate surface area is 84.2 Å². The maximum atomic E-state index is 5.29. The molecule has 0 spiro atoms. The largest absolute Gasteiger partial charge is 0.308 e. The zero-order chi connectivity index (χ0) is 8.97. The van der Waals surface area contributed by atoms with E-state index >= 15 is 0 Å². The average Bonchev–Trinajstić information content (AvgIpc) is 2.05. The molecule has 66 valence electrons. The predicted octanol–water partition coefficient (Wildman–Crippen LogP) is 2.24. The number of hydrogen-bond donors (Lipinski definition) is 2. The summed E-state index contributed by atoms with van der Waals surface area (Å²) < 4.78 is 0.970. The standard InChI is InChI=1S/C7H10BrN3S/c1-2-12-6-3-5(8)4-10-7(6)11-9/h3-4H,2,9H2,1H3,(H,10,11). The van der Waals surface area contributed by atoms with Crippen molar-refractivity contribution in [2.45, 2.75) is 11.8 Å². The molecule has 12 heavy (non-hydrogen) atoms. The van der Waals surface area contributed by atoms with Crippen molar-refractivity contribution in [1.29, 1.82) is 0 Å². The van der Waals surface area contributed by atoms with Crippen LogP contribution in [-0.4, -0.2) is 10.7 Å². The molecule has 0 saturated carbocycles. The van der Waals surface area contributed by atoms with Crippen molar-refractivity contribution >= 4 is 33.5 Å². The highest BCUT2D eigenvalue weighted by atomic mass is 79.9. The van der Waals surface area contributed by atoms with Crippen LogP contribution in [0, 0.1) is 0 Å². The van der Waals surface area contributed by atoms with Crippen LogP contribution < -0.4 is 11.3 Å². The summed E-state index contributed by atoms with van der Waals surface area (Å²) in [6.45, 7) is 2.09. The van der Waals surface area contributed by atoms with Crippen molar-refractivity contribution in [3.63, 3.8) is 0 Å². The van der Waals surface area contributed by atoms with E-state index in [1.54, 1.807) is 18.0 Å². The fraction of sp³-hybridized carbons (Fsp3) is 0.286. The third-order valence-corrected chi connectivity index (χ3v) is 2.60. The summed E-state index contributed by atoms with van der Waals surface area (Å²) in [7, 11) is 0. The van der Waals surface area contributed by atoms with Crippen LogP contribution in [0.4, 0.5) is 5.82 Å². The second-order valence-corrected chi connectivity index (χ2v) is 4.30. The van der Waals surface area contributed by atoms with Crippen LogP contribution in [0.15, 0.2) is 21.6 Å². The summed E-state index contributed by atoms with van der Waals surface area (Å²) in [5.74, 6) is 7.02. The van der Waals surface area contributed by atoms with Gasteiger partial charge in [-0.25, -0.2) is 10.8 Å². The fourth-order valence-corrected chi connectivity index (χ4v) is 2.05. The third kappa shape index (κ3) is 2.36. The van der Waals surface area contributed by atoms with Gasteiger partial charge in [0.05, 0.1) is 4.90 Å². The molecule has 0 aliphatic rings.